The molecule has 0 aliphatic rings. The maximum Gasteiger partial charge on any atom is 0.271 e. The van der Waals surface area contributed by atoms with E-state index in [0.717, 1.165) is 10.2 Å². The van der Waals surface area contributed by atoms with Gasteiger partial charge in [0, 0.05) is 22.6 Å². The standard InChI is InChI=1S/C16H17BrN2O2/c1-10-4-6-14(11(2)8-10)12(3)18-16-9-13(19(20)21)5-7-15(16)17/h4-9,12,18H,1-3H3. The topological polar surface area (TPSA) is 55.2 Å². The fourth-order valence-electron chi connectivity index (χ4n) is 2.36. The van der Waals surface area contributed by atoms with Gasteiger partial charge in [-0.2, -0.15) is 0 Å². The minimum absolute atomic E-state index is 0.0592. The van der Waals surface area contributed by atoms with E-state index in [2.05, 4.69) is 53.3 Å². The SMILES string of the molecule is Cc1ccc(C(C)Nc2cc([N+](=O)[O-])ccc2Br)c(C)c1. The maximum atomic E-state index is 10.9. The van der Waals surface area contributed by atoms with Gasteiger partial charge in [0.25, 0.3) is 5.69 Å². The van der Waals surface area contributed by atoms with Gasteiger partial charge in [0.15, 0.2) is 0 Å². The lowest BCUT2D eigenvalue weighted by Crippen LogP contribution is -2.09. The second-order valence-electron chi connectivity index (χ2n) is 5.15. The maximum absolute atomic E-state index is 10.9. The normalized spacial score (nSPS) is 12.0. The van der Waals surface area contributed by atoms with E-state index in [1.165, 1.54) is 22.8 Å². The largest absolute Gasteiger partial charge is 0.377 e. The summed E-state index contributed by atoms with van der Waals surface area (Å²) in [5.74, 6) is 0. The molecule has 1 unspecified atom stereocenters. The van der Waals surface area contributed by atoms with Crippen molar-refractivity contribution in [2.75, 3.05) is 5.32 Å². The zero-order valence-corrected chi connectivity index (χ0v) is 13.8. The molecule has 2 aromatic carbocycles. The van der Waals surface area contributed by atoms with Crippen LogP contribution < -0.4 is 5.32 Å². The van der Waals surface area contributed by atoms with E-state index in [1.54, 1.807) is 12.1 Å². The van der Waals surface area contributed by atoms with Crippen molar-refractivity contribution in [2.45, 2.75) is 26.8 Å². The Hall–Kier alpha value is -1.88. The highest BCUT2D eigenvalue weighted by atomic mass is 79.9. The molecule has 5 heteroatoms. The lowest BCUT2D eigenvalue weighted by Gasteiger charge is -2.19. The third-order valence-corrected chi connectivity index (χ3v) is 4.12. The molecule has 2 aromatic rings. The van der Waals surface area contributed by atoms with Crippen LogP contribution in [-0.4, -0.2) is 4.92 Å². The molecule has 0 saturated carbocycles. The van der Waals surface area contributed by atoms with Crippen molar-refractivity contribution >= 4 is 27.3 Å². The van der Waals surface area contributed by atoms with Gasteiger partial charge in [-0.3, -0.25) is 10.1 Å². The van der Waals surface area contributed by atoms with Crippen molar-refractivity contribution in [1.29, 1.82) is 0 Å². The molecule has 0 radical (unpaired) electrons. The third-order valence-electron chi connectivity index (χ3n) is 3.42. The molecule has 110 valence electrons. The third kappa shape index (κ3) is 3.61. The van der Waals surface area contributed by atoms with Crippen LogP contribution in [0.1, 0.15) is 29.7 Å². The molecule has 0 bridgehead atoms. The number of nitro groups is 1. The van der Waals surface area contributed by atoms with E-state index in [9.17, 15) is 10.1 Å². The summed E-state index contributed by atoms with van der Waals surface area (Å²) in [5, 5.41) is 14.2. The average molecular weight is 349 g/mol. The first-order chi connectivity index (χ1) is 9.88. The number of hydrogen-bond acceptors (Lipinski definition) is 3. The van der Waals surface area contributed by atoms with Crippen molar-refractivity contribution in [3.63, 3.8) is 0 Å². The summed E-state index contributed by atoms with van der Waals surface area (Å²) in [7, 11) is 0. The van der Waals surface area contributed by atoms with Crippen LogP contribution in [0.4, 0.5) is 11.4 Å². The Labute approximate surface area is 132 Å². The number of hydrogen-bond donors (Lipinski definition) is 1. The van der Waals surface area contributed by atoms with Crippen LogP contribution in [0.15, 0.2) is 40.9 Å². The molecule has 0 fully saturated rings. The van der Waals surface area contributed by atoms with Crippen LogP contribution in [0.5, 0.6) is 0 Å². The zero-order chi connectivity index (χ0) is 15.6. The summed E-state index contributed by atoms with van der Waals surface area (Å²) in [6, 6.07) is 11.1. The van der Waals surface area contributed by atoms with E-state index in [-0.39, 0.29) is 16.7 Å². The average Bonchev–Trinajstić information content (AvgIpc) is 2.40. The Morgan fingerprint density at radius 1 is 1.19 bits per heavy atom. The van der Waals surface area contributed by atoms with Gasteiger partial charge in [0.1, 0.15) is 0 Å². The smallest absolute Gasteiger partial charge is 0.271 e. The Balaban J connectivity index is 2.28. The highest BCUT2D eigenvalue weighted by Gasteiger charge is 2.13. The second kappa shape index (κ2) is 6.26. The quantitative estimate of drug-likeness (QED) is 0.614. The molecule has 4 nitrogen and oxygen atoms in total. The first-order valence-electron chi connectivity index (χ1n) is 6.66. The van der Waals surface area contributed by atoms with Crippen LogP contribution >= 0.6 is 15.9 Å². The number of benzene rings is 2. The molecule has 0 aromatic heterocycles. The van der Waals surface area contributed by atoms with Gasteiger partial charge in [-0.1, -0.05) is 23.8 Å². The summed E-state index contributed by atoms with van der Waals surface area (Å²) in [6.45, 7) is 6.18. The lowest BCUT2D eigenvalue weighted by atomic mass is 10.00. The van der Waals surface area contributed by atoms with Crippen LogP contribution in [0.3, 0.4) is 0 Å². The van der Waals surface area contributed by atoms with Gasteiger partial charge >= 0.3 is 0 Å². The highest BCUT2D eigenvalue weighted by Crippen LogP contribution is 2.31. The minimum atomic E-state index is -0.389. The van der Waals surface area contributed by atoms with Crippen LogP contribution in [0, 0.1) is 24.0 Å². The second-order valence-corrected chi connectivity index (χ2v) is 6.00. The van der Waals surface area contributed by atoms with Crippen molar-refractivity contribution in [3.05, 3.63) is 67.7 Å². The van der Waals surface area contributed by atoms with Crippen LogP contribution in [-0.2, 0) is 0 Å². The first-order valence-corrected chi connectivity index (χ1v) is 7.45. The summed E-state index contributed by atoms with van der Waals surface area (Å²) in [6.07, 6.45) is 0. The summed E-state index contributed by atoms with van der Waals surface area (Å²) >= 11 is 3.43. The van der Waals surface area contributed by atoms with E-state index in [1.807, 2.05) is 6.92 Å². The van der Waals surface area contributed by atoms with Crippen LogP contribution in [0.25, 0.3) is 0 Å². The molecule has 0 heterocycles. The number of nitrogens with one attached hydrogen (secondary N) is 1. The highest BCUT2D eigenvalue weighted by molar-refractivity contribution is 9.10. The summed E-state index contributed by atoms with van der Waals surface area (Å²) in [5.41, 5.74) is 4.40. The van der Waals surface area contributed by atoms with Gasteiger partial charge in [-0.15, -0.1) is 0 Å². The molecule has 0 spiro atoms. The number of rotatable bonds is 4. The molecule has 2 rings (SSSR count). The van der Waals surface area contributed by atoms with Crippen LogP contribution in [0.2, 0.25) is 0 Å². The Kier molecular flexibility index (Phi) is 4.63. The summed E-state index contributed by atoms with van der Waals surface area (Å²) in [4.78, 5) is 10.5. The van der Waals surface area contributed by atoms with E-state index in [0.29, 0.717) is 0 Å². The molecule has 0 saturated heterocycles. The number of non-ortho nitro benzene ring substituents is 1. The first kappa shape index (κ1) is 15.5. The van der Waals surface area contributed by atoms with E-state index >= 15 is 0 Å². The van der Waals surface area contributed by atoms with Gasteiger partial charge in [-0.25, -0.2) is 0 Å². The number of nitro benzene ring substituents is 1. The monoisotopic (exact) mass is 348 g/mol. The van der Waals surface area contributed by atoms with Gasteiger partial charge in [0.2, 0.25) is 0 Å². The van der Waals surface area contributed by atoms with Crippen molar-refractivity contribution in [1.82, 2.24) is 0 Å². The Morgan fingerprint density at radius 3 is 2.52 bits per heavy atom. The van der Waals surface area contributed by atoms with Crippen molar-refractivity contribution < 1.29 is 4.92 Å². The van der Waals surface area contributed by atoms with E-state index in [4.69, 9.17) is 0 Å². The molecule has 21 heavy (non-hydrogen) atoms. The Bertz CT molecular complexity index is 686. The molecular formula is C16H17BrN2O2. The van der Waals surface area contributed by atoms with Gasteiger partial charge in [0.05, 0.1) is 10.6 Å². The number of nitrogens with zero attached hydrogens (tertiary/aromatic N) is 1. The van der Waals surface area contributed by atoms with Crippen molar-refractivity contribution in [3.8, 4) is 0 Å². The fraction of sp³-hybridized carbons (Fsp3) is 0.250. The van der Waals surface area contributed by atoms with Gasteiger partial charge < -0.3 is 5.32 Å². The zero-order valence-electron chi connectivity index (χ0n) is 12.2. The Morgan fingerprint density at radius 2 is 1.90 bits per heavy atom. The van der Waals surface area contributed by atoms with Gasteiger partial charge in [-0.05, 0) is 53.9 Å². The van der Waals surface area contributed by atoms with Crippen molar-refractivity contribution in [2.24, 2.45) is 0 Å². The molecule has 1 N–H and O–H groups in total. The molecule has 1 atom stereocenters. The lowest BCUT2D eigenvalue weighted by molar-refractivity contribution is -0.384. The number of anilines is 1. The predicted molar refractivity (Wildman–Crippen MR) is 88.8 cm³/mol. The van der Waals surface area contributed by atoms with E-state index < -0.39 is 0 Å². The molecule has 0 aliphatic heterocycles. The molecule has 0 amide bonds. The molecular weight excluding hydrogens is 332 g/mol. The number of aryl methyl sites for hydroxylation is 2. The minimum Gasteiger partial charge on any atom is -0.377 e. The summed E-state index contributed by atoms with van der Waals surface area (Å²) < 4.78 is 0.810. The number of halogens is 1. The fourth-order valence-corrected chi connectivity index (χ4v) is 2.72. The molecule has 0 aliphatic carbocycles. The predicted octanol–water partition coefficient (Wildman–Crippen LogP) is 5.15.